The van der Waals surface area contributed by atoms with E-state index in [-0.39, 0.29) is 24.2 Å². The maximum Gasteiger partial charge on any atom is 0.270 e. The molecule has 1 unspecified atom stereocenters. The highest BCUT2D eigenvalue weighted by Gasteiger charge is 2.47. The largest absolute Gasteiger partial charge is 0.393 e. The first-order valence-electron chi connectivity index (χ1n) is 13.2. The number of nitrogens with one attached hydrogen (secondary N) is 1. The van der Waals surface area contributed by atoms with Gasteiger partial charge in [0, 0.05) is 48.2 Å². The van der Waals surface area contributed by atoms with Gasteiger partial charge in [-0.05, 0) is 38.5 Å². The van der Waals surface area contributed by atoms with Crippen LogP contribution >= 0.6 is 0 Å². The van der Waals surface area contributed by atoms with Crippen molar-refractivity contribution in [3.63, 3.8) is 0 Å². The zero-order chi connectivity index (χ0) is 25.9. The Morgan fingerprint density at radius 2 is 2.00 bits per heavy atom. The van der Waals surface area contributed by atoms with E-state index >= 15 is 0 Å². The second kappa shape index (κ2) is 9.17. The van der Waals surface area contributed by atoms with Crippen molar-refractivity contribution in [2.24, 2.45) is 4.99 Å². The van der Waals surface area contributed by atoms with Crippen LogP contribution in [0.1, 0.15) is 51.5 Å². The highest BCUT2D eigenvalue weighted by molar-refractivity contribution is 7.88. The van der Waals surface area contributed by atoms with Gasteiger partial charge in [-0.3, -0.25) is 4.68 Å². The van der Waals surface area contributed by atoms with E-state index in [1.807, 2.05) is 17.1 Å². The fourth-order valence-electron chi connectivity index (χ4n) is 6.06. The molecule has 0 radical (unpaired) electrons. The van der Waals surface area contributed by atoms with E-state index in [2.05, 4.69) is 26.9 Å². The van der Waals surface area contributed by atoms with Crippen LogP contribution in [0.2, 0.25) is 0 Å². The van der Waals surface area contributed by atoms with Gasteiger partial charge in [-0.15, -0.1) is 0 Å². The molecule has 6 rings (SSSR count). The summed E-state index contributed by atoms with van der Waals surface area (Å²) in [7, 11) is -3.17. The zero-order valence-electron chi connectivity index (χ0n) is 21.3. The summed E-state index contributed by atoms with van der Waals surface area (Å²) < 4.78 is 29.5. The number of aliphatic hydroxyl groups excluding tert-OH is 1. The van der Waals surface area contributed by atoms with Crippen molar-refractivity contribution < 1.29 is 13.5 Å². The first-order chi connectivity index (χ1) is 17.7. The second-order valence-corrected chi connectivity index (χ2v) is 12.7. The minimum absolute atomic E-state index is 0.137. The molecule has 2 saturated heterocycles. The highest BCUT2D eigenvalue weighted by Crippen LogP contribution is 2.28. The number of hydrogen-bond donors (Lipinski definition) is 3. The lowest BCUT2D eigenvalue weighted by Gasteiger charge is -2.30. The van der Waals surface area contributed by atoms with Crippen LogP contribution in [0.25, 0.3) is 11.1 Å². The van der Waals surface area contributed by atoms with Gasteiger partial charge < -0.3 is 16.2 Å². The second-order valence-electron chi connectivity index (χ2n) is 10.7. The van der Waals surface area contributed by atoms with Crippen molar-refractivity contribution in [3.05, 3.63) is 40.7 Å². The summed E-state index contributed by atoms with van der Waals surface area (Å²) >= 11 is 0. The van der Waals surface area contributed by atoms with E-state index in [9.17, 15) is 13.5 Å². The maximum atomic E-state index is 11.9. The van der Waals surface area contributed by atoms with Crippen molar-refractivity contribution in [3.8, 4) is 11.1 Å². The summed E-state index contributed by atoms with van der Waals surface area (Å²) in [6.45, 7) is 4.04. The summed E-state index contributed by atoms with van der Waals surface area (Å²) in [4.78, 5) is 9.70. The third-order valence-electron chi connectivity index (χ3n) is 8.19. The van der Waals surface area contributed by atoms with Crippen molar-refractivity contribution >= 4 is 15.8 Å². The van der Waals surface area contributed by atoms with E-state index in [4.69, 9.17) is 10.7 Å². The smallest absolute Gasteiger partial charge is 0.270 e. The Morgan fingerprint density at radius 3 is 2.68 bits per heavy atom. The van der Waals surface area contributed by atoms with Crippen LogP contribution in [0.4, 0.5) is 5.82 Å². The first kappa shape index (κ1) is 24.5. The molecule has 198 valence electrons. The van der Waals surface area contributed by atoms with E-state index in [1.165, 1.54) is 16.1 Å². The lowest BCUT2D eigenvalue weighted by molar-refractivity contribution is 0.180. The van der Waals surface area contributed by atoms with Gasteiger partial charge in [-0.2, -0.15) is 5.10 Å². The van der Waals surface area contributed by atoms with Crippen LogP contribution in [-0.4, -0.2) is 76.7 Å². The molecule has 37 heavy (non-hydrogen) atoms. The summed E-state index contributed by atoms with van der Waals surface area (Å²) in [6, 6.07) is 0.594. The summed E-state index contributed by atoms with van der Waals surface area (Å²) in [5, 5.41) is 20.0. The standard InChI is InChI=1S/C25H35N8O3S/c1-3-19-21-14-32(21)23-22(30-25(19)29-16-4-5-18(34)10-16)20(12-27-24(23)26)15-11-28-33(13-15)17-6-8-31(9-7-17)37(2,35)36/h11-13,16-18,21,29,34H,3-10,14H2,1-2H3,(H2,26,27)/q+1/t16-,18+,21?/m1/s1. The molecule has 0 aromatic carbocycles. The van der Waals surface area contributed by atoms with Crippen LogP contribution in [-0.2, 0) is 10.0 Å². The molecule has 0 bridgehead atoms. The SMILES string of the molecule is CCC1=C(N[C@@H]2CC[C@H](O)C2)N=c2c(-c3cnn(C4CCN(S(C)(=O)=O)CC4)c3)cnc(N)c2=[N+]2CC12. The molecule has 4 N–H and O–H groups in total. The highest BCUT2D eigenvalue weighted by atomic mass is 32.2. The van der Waals surface area contributed by atoms with Crippen LogP contribution in [0.15, 0.2) is 35.0 Å². The average Bonchev–Trinajstić information content (AvgIpc) is 3.28. The van der Waals surface area contributed by atoms with E-state index < -0.39 is 10.0 Å². The van der Waals surface area contributed by atoms with Crippen molar-refractivity contribution in [2.45, 2.75) is 69.7 Å². The van der Waals surface area contributed by atoms with E-state index in [1.54, 1.807) is 6.20 Å². The number of fused-ring (bicyclic) bond motifs is 2. The van der Waals surface area contributed by atoms with E-state index in [0.717, 1.165) is 72.7 Å². The molecular formula is C25H35N8O3S+. The molecule has 12 heteroatoms. The number of piperidine rings is 1. The molecule has 3 aliphatic heterocycles. The Labute approximate surface area is 216 Å². The molecule has 2 aromatic heterocycles. The zero-order valence-corrected chi connectivity index (χ0v) is 22.2. The van der Waals surface area contributed by atoms with Gasteiger partial charge in [0.1, 0.15) is 11.2 Å². The quantitative estimate of drug-likeness (QED) is 0.348. The molecule has 1 saturated carbocycles. The Balaban J connectivity index is 1.37. The molecule has 1 aliphatic carbocycles. The fraction of sp³-hybridized carbons (Fsp3) is 0.600. The number of nitrogen functional groups attached to an aromatic ring is 1. The van der Waals surface area contributed by atoms with Crippen LogP contribution in [0.5, 0.6) is 0 Å². The van der Waals surface area contributed by atoms with Gasteiger partial charge in [-0.1, -0.05) is 6.92 Å². The molecule has 3 atom stereocenters. The lowest BCUT2D eigenvalue weighted by Crippen LogP contribution is -2.38. The number of nitrogens with zero attached hydrogens (tertiary/aromatic N) is 6. The molecular weight excluding hydrogens is 492 g/mol. The summed E-state index contributed by atoms with van der Waals surface area (Å²) in [6.07, 6.45) is 11.4. The normalized spacial score (nSPS) is 26.5. The van der Waals surface area contributed by atoms with Crippen LogP contribution in [0.3, 0.4) is 0 Å². The Morgan fingerprint density at radius 1 is 1.22 bits per heavy atom. The van der Waals surface area contributed by atoms with Gasteiger partial charge in [0.25, 0.3) is 5.36 Å². The number of aliphatic hydroxyl groups is 1. The number of anilines is 1. The minimum Gasteiger partial charge on any atom is -0.393 e. The number of sulfonamides is 1. The Bertz CT molecular complexity index is 1490. The van der Waals surface area contributed by atoms with Gasteiger partial charge >= 0.3 is 0 Å². The molecule has 5 heterocycles. The van der Waals surface area contributed by atoms with E-state index in [0.29, 0.717) is 18.9 Å². The number of nitrogens with two attached hydrogens (primary N) is 1. The lowest BCUT2D eigenvalue weighted by atomic mass is 10.1. The molecule has 0 amide bonds. The number of rotatable bonds is 6. The van der Waals surface area contributed by atoms with Crippen LogP contribution in [0, 0.1) is 0 Å². The maximum absolute atomic E-state index is 11.9. The van der Waals surface area contributed by atoms with Crippen molar-refractivity contribution in [1.29, 1.82) is 0 Å². The molecule has 3 fully saturated rings. The Hall–Kier alpha value is -2.83. The molecule has 0 spiro atoms. The predicted octanol–water partition coefficient (Wildman–Crippen LogP) is -0.245. The minimum atomic E-state index is -3.17. The number of aromatic nitrogens is 3. The molecule has 4 aliphatic rings. The molecule has 11 nitrogen and oxygen atoms in total. The van der Waals surface area contributed by atoms with Crippen molar-refractivity contribution in [1.82, 2.24) is 29.0 Å². The predicted molar refractivity (Wildman–Crippen MR) is 139 cm³/mol. The average molecular weight is 528 g/mol. The van der Waals surface area contributed by atoms with Gasteiger partial charge in [0.15, 0.2) is 5.82 Å². The van der Waals surface area contributed by atoms with Gasteiger partial charge in [0.2, 0.25) is 22.6 Å². The summed E-state index contributed by atoms with van der Waals surface area (Å²) in [5.74, 6) is 1.36. The van der Waals surface area contributed by atoms with Gasteiger partial charge in [0.05, 0.1) is 24.6 Å². The third-order valence-corrected chi connectivity index (χ3v) is 9.49. The monoisotopic (exact) mass is 527 g/mol. The summed E-state index contributed by atoms with van der Waals surface area (Å²) in [5.41, 5.74) is 9.44. The van der Waals surface area contributed by atoms with Gasteiger partial charge in [-0.25, -0.2) is 27.3 Å². The topological polar surface area (TPSA) is 142 Å². The number of pyridine rings is 1. The van der Waals surface area contributed by atoms with Crippen LogP contribution < -0.4 is 26.3 Å². The Kier molecular flexibility index (Phi) is 6.08. The first-order valence-corrected chi connectivity index (χ1v) is 15.0. The third kappa shape index (κ3) is 4.55. The number of hydrogen-bond acceptors (Lipinski definition) is 8. The van der Waals surface area contributed by atoms with Crippen molar-refractivity contribution in [2.75, 3.05) is 31.6 Å². The fourth-order valence-corrected chi connectivity index (χ4v) is 6.94. The molecule has 2 aromatic rings.